The van der Waals surface area contributed by atoms with Crippen LogP contribution in [0.3, 0.4) is 0 Å². The van der Waals surface area contributed by atoms with E-state index in [0.29, 0.717) is 5.65 Å². The van der Waals surface area contributed by atoms with E-state index in [1.807, 2.05) is 6.07 Å². The van der Waals surface area contributed by atoms with Crippen LogP contribution in [0.4, 0.5) is 5.82 Å². The van der Waals surface area contributed by atoms with Crippen LogP contribution in [-0.4, -0.2) is 22.5 Å². The number of aromatic nitrogens is 2. The van der Waals surface area contributed by atoms with Crippen molar-refractivity contribution < 1.29 is 9.53 Å². The fourth-order valence-corrected chi connectivity index (χ4v) is 1.86. The average molecular weight is 311 g/mol. The number of halogens is 1. The van der Waals surface area contributed by atoms with Crippen LogP contribution >= 0.6 is 15.9 Å². The van der Waals surface area contributed by atoms with Crippen LogP contribution in [0.15, 0.2) is 22.8 Å². The third kappa shape index (κ3) is 2.41. The molecule has 0 aliphatic carbocycles. The Hall–Kier alpha value is -1.73. The minimum atomic E-state index is -0.472. The Labute approximate surface area is 112 Å². The van der Waals surface area contributed by atoms with E-state index in [1.165, 1.54) is 0 Å². The normalized spacial score (nSPS) is 10.4. The lowest BCUT2D eigenvalue weighted by molar-refractivity contribution is 0.0527. The molecule has 0 aliphatic rings. The molecule has 0 aromatic carbocycles. The van der Waals surface area contributed by atoms with Gasteiger partial charge in [0.25, 0.3) is 0 Å². The maximum absolute atomic E-state index is 11.8. The second-order valence-electron chi connectivity index (χ2n) is 3.45. The molecular weight excluding hydrogens is 300 g/mol. The standard InChI is InChI=1S/C11H11BrN4O2/c1-2-18-11(17)8-4-6-3-7(12)5-14-9(6)15-10(8)16-13/h3-5H,2,13H2,1H3,(H,14,15,16). The molecule has 0 spiro atoms. The first-order valence-corrected chi connectivity index (χ1v) is 6.05. The van der Waals surface area contributed by atoms with Crippen LogP contribution in [0.1, 0.15) is 17.3 Å². The van der Waals surface area contributed by atoms with Crippen molar-refractivity contribution in [1.82, 2.24) is 9.97 Å². The summed E-state index contributed by atoms with van der Waals surface area (Å²) < 4.78 is 5.75. The van der Waals surface area contributed by atoms with Gasteiger partial charge in [0.1, 0.15) is 5.56 Å². The van der Waals surface area contributed by atoms with Crippen LogP contribution in [0.2, 0.25) is 0 Å². The Morgan fingerprint density at radius 2 is 2.33 bits per heavy atom. The number of anilines is 1. The number of rotatable bonds is 3. The van der Waals surface area contributed by atoms with Gasteiger partial charge in [0.2, 0.25) is 0 Å². The maximum atomic E-state index is 11.8. The van der Waals surface area contributed by atoms with Crippen molar-refractivity contribution in [2.24, 2.45) is 5.84 Å². The van der Waals surface area contributed by atoms with Crippen LogP contribution in [0.25, 0.3) is 11.0 Å². The van der Waals surface area contributed by atoms with Crippen molar-refractivity contribution in [2.45, 2.75) is 6.92 Å². The molecular formula is C11H11BrN4O2. The summed E-state index contributed by atoms with van der Waals surface area (Å²) in [4.78, 5) is 20.1. The predicted molar refractivity (Wildman–Crippen MR) is 71.0 cm³/mol. The second kappa shape index (κ2) is 5.28. The molecule has 0 radical (unpaired) electrons. The highest BCUT2D eigenvalue weighted by Crippen LogP contribution is 2.22. The molecule has 0 saturated carbocycles. The van der Waals surface area contributed by atoms with Crippen molar-refractivity contribution >= 4 is 38.8 Å². The third-order valence-electron chi connectivity index (χ3n) is 2.27. The van der Waals surface area contributed by atoms with Crippen LogP contribution in [-0.2, 0) is 4.74 Å². The molecule has 0 atom stereocenters. The first-order chi connectivity index (χ1) is 8.65. The van der Waals surface area contributed by atoms with Gasteiger partial charge in [-0.3, -0.25) is 0 Å². The molecule has 2 rings (SSSR count). The summed E-state index contributed by atoms with van der Waals surface area (Å²) in [5.41, 5.74) is 3.16. The van der Waals surface area contributed by atoms with E-state index in [9.17, 15) is 4.79 Å². The summed E-state index contributed by atoms with van der Waals surface area (Å²) in [6.45, 7) is 2.03. The van der Waals surface area contributed by atoms with Gasteiger partial charge < -0.3 is 10.2 Å². The van der Waals surface area contributed by atoms with Gasteiger partial charge in [0, 0.05) is 16.1 Å². The number of esters is 1. The second-order valence-corrected chi connectivity index (χ2v) is 4.37. The monoisotopic (exact) mass is 310 g/mol. The SMILES string of the molecule is CCOC(=O)c1cc2cc(Br)cnc2nc1NN. The summed E-state index contributed by atoms with van der Waals surface area (Å²) in [6, 6.07) is 3.46. The van der Waals surface area contributed by atoms with Gasteiger partial charge in [-0.1, -0.05) is 0 Å². The number of hydrogen-bond acceptors (Lipinski definition) is 6. The summed E-state index contributed by atoms with van der Waals surface area (Å²) in [5.74, 6) is 5.12. The summed E-state index contributed by atoms with van der Waals surface area (Å²) in [5, 5.41) is 0.728. The van der Waals surface area contributed by atoms with Crippen molar-refractivity contribution in [3.05, 3.63) is 28.4 Å². The largest absolute Gasteiger partial charge is 0.462 e. The number of hydrazine groups is 1. The number of nitrogens with zero attached hydrogens (tertiary/aromatic N) is 2. The Morgan fingerprint density at radius 3 is 3.00 bits per heavy atom. The number of hydrogen-bond donors (Lipinski definition) is 2. The van der Waals surface area contributed by atoms with Crippen molar-refractivity contribution in [3.8, 4) is 0 Å². The minimum absolute atomic E-state index is 0.246. The molecule has 94 valence electrons. The maximum Gasteiger partial charge on any atom is 0.341 e. The molecule has 0 saturated heterocycles. The summed E-state index contributed by atoms with van der Waals surface area (Å²) in [6.07, 6.45) is 1.62. The third-order valence-corrected chi connectivity index (χ3v) is 2.70. The Kier molecular flexibility index (Phi) is 3.73. The number of nitrogen functional groups attached to an aromatic ring is 1. The molecule has 0 fully saturated rings. The Balaban J connectivity index is 2.60. The van der Waals surface area contributed by atoms with Gasteiger partial charge in [-0.05, 0) is 35.0 Å². The van der Waals surface area contributed by atoms with Gasteiger partial charge in [-0.25, -0.2) is 20.6 Å². The molecule has 18 heavy (non-hydrogen) atoms. The lowest BCUT2D eigenvalue weighted by Gasteiger charge is -2.08. The van der Waals surface area contributed by atoms with Gasteiger partial charge in [-0.2, -0.15) is 0 Å². The first-order valence-electron chi connectivity index (χ1n) is 5.25. The molecule has 6 nitrogen and oxygen atoms in total. The van der Waals surface area contributed by atoms with Crippen LogP contribution in [0.5, 0.6) is 0 Å². The number of nitrogens with one attached hydrogen (secondary N) is 1. The molecule has 2 heterocycles. The number of ether oxygens (including phenoxy) is 1. The van der Waals surface area contributed by atoms with E-state index in [2.05, 4.69) is 31.3 Å². The number of pyridine rings is 2. The molecule has 0 bridgehead atoms. The molecule has 0 aliphatic heterocycles. The minimum Gasteiger partial charge on any atom is -0.462 e. The summed E-state index contributed by atoms with van der Waals surface area (Å²) in [7, 11) is 0. The van der Waals surface area contributed by atoms with E-state index < -0.39 is 5.97 Å². The smallest absolute Gasteiger partial charge is 0.341 e. The zero-order valence-corrected chi connectivity index (χ0v) is 11.2. The number of fused-ring (bicyclic) bond motifs is 1. The lowest BCUT2D eigenvalue weighted by Crippen LogP contribution is -2.15. The van der Waals surface area contributed by atoms with Gasteiger partial charge in [-0.15, -0.1) is 0 Å². The predicted octanol–water partition coefficient (Wildman–Crippen LogP) is 1.85. The first kappa shape index (κ1) is 12.7. The highest BCUT2D eigenvalue weighted by atomic mass is 79.9. The molecule has 7 heteroatoms. The van der Waals surface area contributed by atoms with Crippen LogP contribution < -0.4 is 11.3 Å². The molecule has 2 aromatic rings. The lowest BCUT2D eigenvalue weighted by atomic mass is 10.2. The van der Waals surface area contributed by atoms with E-state index in [1.54, 1.807) is 19.2 Å². The average Bonchev–Trinajstić information content (AvgIpc) is 2.37. The van der Waals surface area contributed by atoms with Gasteiger partial charge in [0.05, 0.1) is 6.61 Å². The number of nitrogens with two attached hydrogens (primary N) is 1. The van der Waals surface area contributed by atoms with Crippen molar-refractivity contribution in [3.63, 3.8) is 0 Å². The van der Waals surface area contributed by atoms with Gasteiger partial charge in [0.15, 0.2) is 11.5 Å². The van der Waals surface area contributed by atoms with E-state index >= 15 is 0 Å². The van der Waals surface area contributed by atoms with Crippen LogP contribution in [0, 0.1) is 0 Å². The highest BCUT2D eigenvalue weighted by molar-refractivity contribution is 9.10. The van der Waals surface area contributed by atoms with Crippen molar-refractivity contribution in [1.29, 1.82) is 0 Å². The Bertz CT molecular complexity index is 603. The molecule has 2 aromatic heterocycles. The zero-order valence-electron chi connectivity index (χ0n) is 9.61. The fraction of sp³-hybridized carbons (Fsp3) is 0.182. The molecule has 0 amide bonds. The number of carbonyl (C=O) groups is 1. The van der Waals surface area contributed by atoms with E-state index in [4.69, 9.17) is 10.6 Å². The van der Waals surface area contributed by atoms with E-state index in [-0.39, 0.29) is 18.0 Å². The summed E-state index contributed by atoms with van der Waals surface area (Å²) >= 11 is 3.31. The fourth-order valence-electron chi connectivity index (χ4n) is 1.51. The number of carbonyl (C=O) groups excluding carboxylic acids is 1. The topological polar surface area (TPSA) is 90.1 Å². The quantitative estimate of drug-likeness (QED) is 0.511. The van der Waals surface area contributed by atoms with Crippen molar-refractivity contribution in [2.75, 3.05) is 12.0 Å². The molecule has 0 unspecified atom stereocenters. The molecule has 3 N–H and O–H groups in total. The zero-order chi connectivity index (χ0) is 13.1. The van der Waals surface area contributed by atoms with E-state index in [0.717, 1.165) is 9.86 Å². The van der Waals surface area contributed by atoms with Gasteiger partial charge >= 0.3 is 5.97 Å². The Morgan fingerprint density at radius 1 is 1.56 bits per heavy atom. The highest BCUT2D eigenvalue weighted by Gasteiger charge is 2.15.